The molecule has 1 rings (SSSR count). The third-order valence-electron chi connectivity index (χ3n) is 2.12. The highest BCUT2D eigenvalue weighted by molar-refractivity contribution is 5.85. The van der Waals surface area contributed by atoms with Crippen LogP contribution in [0.2, 0.25) is 0 Å². The second-order valence-corrected chi connectivity index (χ2v) is 3.97. The number of nitrogens with zero attached hydrogens (tertiary/aromatic N) is 2. The summed E-state index contributed by atoms with van der Waals surface area (Å²) >= 11 is 0. The smallest absolute Gasteiger partial charge is 0.354 e. The molecule has 0 bridgehead atoms. The van der Waals surface area contributed by atoms with Crippen molar-refractivity contribution in [2.24, 2.45) is 0 Å². The number of carboxylic acids is 1. The second kappa shape index (κ2) is 4.57. The summed E-state index contributed by atoms with van der Waals surface area (Å²) in [6.07, 6.45) is 0. The fourth-order valence-corrected chi connectivity index (χ4v) is 1.37. The van der Waals surface area contributed by atoms with Crippen molar-refractivity contribution in [3.63, 3.8) is 0 Å². The molecule has 0 atom stereocenters. The van der Waals surface area contributed by atoms with Gasteiger partial charge in [-0.2, -0.15) is 0 Å². The molecule has 1 aromatic rings. The highest BCUT2D eigenvalue weighted by Crippen LogP contribution is 2.21. The minimum Gasteiger partial charge on any atom is -0.477 e. The number of hydrogen-bond acceptors (Lipinski definition) is 4. The summed E-state index contributed by atoms with van der Waals surface area (Å²) in [5.41, 5.74) is -0.0595. The SMILES string of the molecule is CCOC(C)(C)c1nc(C)cc(C(=O)O)n1. The fourth-order valence-electron chi connectivity index (χ4n) is 1.37. The maximum atomic E-state index is 10.9. The number of aromatic nitrogens is 2. The molecule has 0 radical (unpaired) electrons. The summed E-state index contributed by atoms with van der Waals surface area (Å²) in [6, 6.07) is 1.44. The molecule has 0 aliphatic carbocycles. The van der Waals surface area contributed by atoms with Crippen LogP contribution in [0.15, 0.2) is 6.07 Å². The van der Waals surface area contributed by atoms with E-state index in [0.717, 1.165) is 0 Å². The van der Waals surface area contributed by atoms with E-state index in [0.29, 0.717) is 18.1 Å². The van der Waals surface area contributed by atoms with E-state index in [2.05, 4.69) is 9.97 Å². The molecule has 0 aromatic carbocycles. The predicted octanol–water partition coefficient (Wildman–Crippen LogP) is 1.75. The molecule has 0 aliphatic rings. The van der Waals surface area contributed by atoms with Gasteiger partial charge in [0, 0.05) is 12.3 Å². The molecule has 1 aromatic heterocycles. The van der Waals surface area contributed by atoms with Gasteiger partial charge in [0.1, 0.15) is 5.60 Å². The molecule has 0 spiro atoms. The Morgan fingerprint density at radius 1 is 1.50 bits per heavy atom. The summed E-state index contributed by atoms with van der Waals surface area (Å²) in [4.78, 5) is 19.1. The first-order chi connectivity index (χ1) is 7.36. The van der Waals surface area contributed by atoms with E-state index in [1.165, 1.54) is 6.07 Å². The van der Waals surface area contributed by atoms with Crippen LogP contribution in [0.3, 0.4) is 0 Å². The van der Waals surface area contributed by atoms with Crippen LogP contribution in [0.1, 0.15) is 42.8 Å². The van der Waals surface area contributed by atoms with Crippen molar-refractivity contribution < 1.29 is 14.6 Å². The number of carbonyl (C=O) groups is 1. The Morgan fingerprint density at radius 3 is 2.62 bits per heavy atom. The van der Waals surface area contributed by atoms with E-state index in [4.69, 9.17) is 9.84 Å². The van der Waals surface area contributed by atoms with Gasteiger partial charge in [0.15, 0.2) is 11.5 Å². The number of aryl methyl sites for hydroxylation is 1. The van der Waals surface area contributed by atoms with Crippen molar-refractivity contribution >= 4 is 5.97 Å². The molecule has 0 saturated heterocycles. The molecule has 0 unspecified atom stereocenters. The molecule has 0 fully saturated rings. The van der Waals surface area contributed by atoms with Gasteiger partial charge >= 0.3 is 5.97 Å². The Balaban J connectivity index is 3.19. The summed E-state index contributed by atoms with van der Waals surface area (Å²) in [6.45, 7) is 7.76. The highest BCUT2D eigenvalue weighted by atomic mass is 16.5. The molecule has 1 N–H and O–H groups in total. The molecular formula is C11H16N2O3. The van der Waals surface area contributed by atoms with Gasteiger partial charge < -0.3 is 9.84 Å². The summed E-state index contributed by atoms with van der Waals surface area (Å²) in [5.74, 6) is -0.661. The molecule has 88 valence electrons. The maximum Gasteiger partial charge on any atom is 0.354 e. The van der Waals surface area contributed by atoms with Gasteiger partial charge in [0.2, 0.25) is 0 Å². The average Bonchev–Trinajstić information content (AvgIpc) is 2.16. The quantitative estimate of drug-likeness (QED) is 0.843. The van der Waals surface area contributed by atoms with Crippen LogP contribution in [-0.4, -0.2) is 27.7 Å². The minimum atomic E-state index is -1.06. The Hall–Kier alpha value is -1.49. The van der Waals surface area contributed by atoms with Gasteiger partial charge in [-0.05, 0) is 33.8 Å². The first-order valence-electron chi connectivity index (χ1n) is 5.10. The van der Waals surface area contributed by atoms with Gasteiger partial charge in [-0.3, -0.25) is 0 Å². The minimum absolute atomic E-state index is 0.00437. The molecule has 0 aliphatic heterocycles. The van der Waals surface area contributed by atoms with Crippen LogP contribution in [0, 0.1) is 6.92 Å². The largest absolute Gasteiger partial charge is 0.477 e. The van der Waals surface area contributed by atoms with Crippen LogP contribution in [0.25, 0.3) is 0 Å². The zero-order valence-electron chi connectivity index (χ0n) is 9.94. The lowest BCUT2D eigenvalue weighted by Crippen LogP contribution is -2.26. The van der Waals surface area contributed by atoms with Crippen molar-refractivity contribution in [3.05, 3.63) is 23.3 Å². The first kappa shape index (κ1) is 12.6. The maximum absolute atomic E-state index is 10.9. The van der Waals surface area contributed by atoms with Crippen molar-refractivity contribution in [1.82, 2.24) is 9.97 Å². The molecule has 0 amide bonds. The number of ether oxygens (including phenoxy) is 1. The van der Waals surface area contributed by atoms with Crippen molar-refractivity contribution in [1.29, 1.82) is 0 Å². The van der Waals surface area contributed by atoms with Crippen molar-refractivity contribution in [2.75, 3.05) is 6.61 Å². The third kappa shape index (κ3) is 2.76. The van der Waals surface area contributed by atoms with E-state index >= 15 is 0 Å². The molecule has 5 heteroatoms. The normalized spacial score (nSPS) is 11.5. The number of carboxylic acid groups (broad SMARTS) is 1. The molecule has 16 heavy (non-hydrogen) atoms. The van der Waals surface area contributed by atoms with Crippen molar-refractivity contribution in [3.8, 4) is 0 Å². The van der Waals surface area contributed by atoms with Crippen LogP contribution in [-0.2, 0) is 10.3 Å². The van der Waals surface area contributed by atoms with Crippen LogP contribution < -0.4 is 0 Å². The third-order valence-corrected chi connectivity index (χ3v) is 2.12. The molecule has 1 heterocycles. The van der Waals surface area contributed by atoms with E-state index < -0.39 is 11.6 Å². The Kier molecular flexibility index (Phi) is 3.59. The molecular weight excluding hydrogens is 208 g/mol. The Labute approximate surface area is 94.5 Å². The zero-order valence-corrected chi connectivity index (χ0v) is 9.94. The molecule has 5 nitrogen and oxygen atoms in total. The standard InChI is InChI=1S/C11H16N2O3/c1-5-16-11(3,4)10-12-7(2)6-8(13-10)9(14)15/h6H,5H2,1-4H3,(H,14,15). The van der Waals surface area contributed by atoms with E-state index in [9.17, 15) is 4.79 Å². The fraction of sp³-hybridized carbons (Fsp3) is 0.545. The second-order valence-electron chi connectivity index (χ2n) is 3.97. The van der Waals surface area contributed by atoms with E-state index in [1.807, 2.05) is 20.8 Å². The lowest BCUT2D eigenvalue weighted by molar-refractivity contribution is -0.0210. The van der Waals surface area contributed by atoms with Gasteiger partial charge in [-0.25, -0.2) is 14.8 Å². The van der Waals surface area contributed by atoms with Crippen LogP contribution in [0.4, 0.5) is 0 Å². The zero-order chi connectivity index (χ0) is 12.3. The summed E-state index contributed by atoms with van der Waals surface area (Å²) in [5, 5.41) is 8.90. The lowest BCUT2D eigenvalue weighted by Gasteiger charge is -2.23. The number of rotatable bonds is 4. The highest BCUT2D eigenvalue weighted by Gasteiger charge is 2.25. The number of hydrogen-bond donors (Lipinski definition) is 1. The lowest BCUT2D eigenvalue weighted by atomic mass is 10.1. The van der Waals surface area contributed by atoms with Gasteiger partial charge in [-0.1, -0.05) is 0 Å². The molecule has 0 saturated carbocycles. The first-order valence-corrected chi connectivity index (χ1v) is 5.10. The van der Waals surface area contributed by atoms with Gasteiger partial charge in [0.25, 0.3) is 0 Å². The van der Waals surface area contributed by atoms with Crippen LogP contribution in [0.5, 0.6) is 0 Å². The Morgan fingerprint density at radius 2 is 2.12 bits per heavy atom. The number of aromatic carboxylic acids is 1. The monoisotopic (exact) mass is 224 g/mol. The average molecular weight is 224 g/mol. The predicted molar refractivity (Wildman–Crippen MR) is 58.4 cm³/mol. The van der Waals surface area contributed by atoms with Gasteiger partial charge in [-0.15, -0.1) is 0 Å². The van der Waals surface area contributed by atoms with Crippen LogP contribution >= 0.6 is 0 Å². The Bertz CT molecular complexity index is 402. The van der Waals surface area contributed by atoms with E-state index in [1.54, 1.807) is 6.92 Å². The van der Waals surface area contributed by atoms with Crippen molar-refractivity contribution in [2.45, 2.75) is 33.3 Å². The summed E-state index contributed by atoms with van der Waals surface area (Å²) < 4.78 is 5.49. The van der Waals surface area contributed by atoms with E-state index in [-0.39, 0.29) is 5.69 Å². The topological polar surface area (TPSA) is 72.3 Å². The summed E-state index contributed by atoms with van der Waals surface area (Å²) in [7, 11) is 0. The van der Waals surface area contributed by atoms with Gasteiger partial charge in [0.05, 0.1) is 0 Å².